The van der Waals surface area contributed by atoms with E-state index in [-0.39, 0.29) is 5.78 Å². The smallest absolute Gasteiger partial charge is 0.181 e. The number of aryl methyl sites for hydroxylation is 2. The van der Waals surface area contributed by atoms with Crippen molar-refractivity contribution >= 4 is 16.7 Å². The molecule has 86 valence electrons. The predicted octanol–water partition coefficient (Wildman–Crippen LogP) is 3.37. The van der Waals surface area contributed by atoms with Crippen molar-refractivity contribution < 1.29 is 4.79 Å². The lowest BCUT2D eigenvalue weighted by atomic mass is 9.89. The molecule has 0 radical (unpaired) electrons. The van der Waals surface area contributed by atoms with Gasteiger partial charge in [-0.25, -0.2) is 4.98 Å². The quantitative estimate of drug-likeness (QED) is 0.688. The molecule has 0 saturated heterocycles. The predicted molar refractivity (Wildman–Crippen MR) is 68.5 cm³/mol. The van der Waals surface area contributed by atoms with Gasteiger partial charge in [-0.05, 0) is 49.9 Å². The minimum atomic E-state index is 0.205. The summed E-state index contributed by atoms with van der Waals surface area (Å²) in [5, 5.41) is 1.19. The Labute approximate surface area is 101 Å². The number of hydrogen-bond acceptors (Lipinski definition) is 2. The average molecular weight is 225 g/mol. The number of aromatic nitrogens is 1. The van der Waals surface area contributed by atoms with Crippen molar-refractivity contribution in [2.24, 2.45) is 0 Å². The number of nitrogens with zero attached hydrogens (tertiary/aromatic N) is 1. The SMILES string of the molecule is Cc1ccc2nc3c(c(C)c2c1)CCCC3=O. The van der Waals surface area contributed by atoms with E-state index >= 15 is 0 Å². The van der Waals surface area contributed by atoms with Crippen LogP contribution in [-0.2, 0) is 6.42 Å². The van der Waals surface area contributed by atoms with E-state index in [2.05, 4.69) is 31.0 Å². The minimum absolute atomic E-state index is 0.205. The summed E-state index contributed by atoms with van der Waals surface area (Å²) in [5.41, 5.74) is 5.30. The van der Waals surface area contributed by atoms with Crippen LogP contribution in [0, 0.1) is 13.8 Å². The van der Waals surface area contributed by atoms with Gasteiger partial charge < -0.3 is 0 Å². The second-order valence-corrected chi connectivity index (χ2v) is 4.86. The number of benzene rings is 1. The Kier molecular flexibility index (Phi) is 2.25. The number of rotatable bonds is 0. The fourth-order valence-corrected chi connectivity index (χ4v) is 2.66. The standard InChI is InChI=1S/C15H15NO/c1-9-6-7-13-12(8-9)10(2)11-4-3-5-14(17)15(11)16-13/h6-8H,3-5H2,1-2H3. The first-order valence-electron chi connectivity index (χ1n) is 6.10. The Morgan fingerprint density at radius 2 is 2.00 bits per heavy atom. The highest BCUT2D eigenvalue weighted by molar-refractivity contribution is 6.00. The van der Waals surface area contributed by atoms with Crippen molar-refractivity contribution in [2.45, 2.75) is 33.1 Å². The molecule has 0 saturated carbocycles. The molecular formula is C15H15NO. The summed E-state index contributed by atoms with van der Waals surface area (Å²) < 4.78 is 0. The summed E-state index contributed by atoms with van der Waals surface area (Å²) in [6.45, 7) is 4.20. The Morgan fingerprint density at radius 1 is 1.18 bits per heavy atom. The van der Waals surface area contributed by atoms with E-state index in [9.17, 15) is 4.79 Å². The largest absolute Gasteiger partial charge is 0.292 e. The molecule has 1 aliphatic rings. The van der Waals surface area contributed by atoms with Crippen LogP contribution in [-0.4, -0.2) is 10.8 Å². The van der Waals surface area contributed by atoms with Gasteiger partial charge in [0.05, 0.1) is 5.52 Å². The van der Waals surface area contributed by atoms with Crippen LogP contribution in [0.2, 0.25) is 0 Å². The first-order valence-corrected chi connectivity index (χ1v) is 6.10. The molecule has 0 fully saturated rings. The molecule has 0 N–H and O–H groups in total. The van der Waals surface area contributed by atoms with Gasteiger partial charge in [-0.1, -0.05) is 11.6 Å². The summed E-state index contributed by atoms with van der Waals surface area (Å²) in [7, 11) is 0. The molecule has 0 spiro atoms. The van der Waals surface area contributed by atoms with E-state index < -0.39 is 0 Å². The summed E-state index contributed by atoms with van der Waals surface area (Å²) in [6, 6.07) is 6.23. The topological polar surface area (TPSA) is 30.0 Å². The molecule has 0 aliphatic heterocycles. The third kappa shape index (κ3) is 1.55. The monoisotopic (exact) mass is 225 g/mol. The summed E-state index contributed by atoms with van der Waals surface area (Å²) >= 11 is 0. The highest BCUT2D eigenvalue weighted by Gasteiger charge is 2.21. The van der Waals surface area contributed by atoms with Crippen molar-refractivity contribution in [2.75, 3.05) is 0 Å². The van der Waals surface area contributed by atoms with E-state index in [4.69, 9.17) is 0 Å². The van der Waals surface area contributed by atoms with Crippen LogP contribution in [0.25, 0.3) is 10.9 Å². The number of fused-ring (bicyclic) bond motifs is 2. The number of ketones is 1. The van der Waals surface area contributed by atoms with Crippen LogP contribution in [0.15, 0.2) is 18.2 Å². The maximum Gasteiger partial charge on any atom is 0.181 e. The Morgan fingerprint density at radius 3 is 2.82 bits per heavy atom. The van der Waals surface area contributed by atoms with Crippen LogP contribution < -0.4 is 0 Å². The molecule has 0 amide bonds. The third-order valence-corrected chi connectivity index (χ3v) is 3.62. The van der Waals surface area contributed by atoms with Gasteiger partial charge >= 0.3 is 0 Å². The molecule has 1 aliphatic carbocycles. The lowest BCUT2D eigenvalue weighted by Gasteiger charge is -2.18. The van der Waals surface area contributed by atoms with Crippen LogP contribution >= 0.6 is 0 Å². The van der Waals surface area contributed by atoms with Gasteiger partial charge in [0.2, 0.25) is 0 Å². The molecule has 2 heteroatoms. The van der Waals surface area contributed by atoms with Crippen molar-refractivity contribution in [1.29, 1.82) is 0 Å². The van der Waals surface area contributed by atoms with Gasteiger partial charge in [-0.2, -0.15) is 0 Å². The number of hydrogen-bond donors (Lipinski definition) is 0. The molecular weight excluding hydrogens is 210 g/mol. The molecule has 0 unspecified atom stereocenters. The van der Waals surface area contributed by atoms with Crippen molar-refractivity contribution in [3.8, 4) is 0 Å². The molecule has 2 aromatic rings. The van der Waals surface area contributed by atoms with Gasteiger partial charge in [0.1, 0.15) is 5.69 Å². The molecule has 2 nitrogen and oxygen atoms in total. The van der Waals surface area contributed by atoms with Crippen LogP contribution in [0.1, 0.15) is 40.0 Å². The number of carbonyl (C=O) groups is 1. The Bertz CT molecular complexity index is 628. The average Bonchev–Trinajstić information content (AvgIpc) is 2.32. The molecule has 17 heavy (non-hydrogen) atoms. The Balaban J connectivity index is 2.39. The maximum atomic E-state index is 11.9. The number of Topliss-reactive ketones (excluding diaryl/α,β-unsaturated/α-hetero) is 1. The van der Waals surface area contributed by atoms with Crippen molar-refractivity contribution in [3.63, 3.8) is 0 Å². The zero-order chi connectivity index (χ0) is 12.0. The van der Waals surface area contributed by atoms with E-state index in [0.717, 1.165) is 18.4 Å². The van der Waals surface area contributed by atoms with Gasteiger partial charge in [-0.15, -0.1) is 0 Å². The summed E-state index contributed by atoms with van der Waals surface area (Å²) in [4.78, 5) is 16.4. The lowest BCUT2D eigenvalue weighted by molar-refractivity contribution is 0.0967. The van der Waals surface area contributed by atoms with E-state index in [1.165, 1.54) is 22.1 Å². The normalized spacial score (nSPS) is 15.1. The summed E-state index contributed by atoms with van der Waals surface area (Å²) in [5.74, 6) is 0.205. The van der Waals surface area contributed by atoms with Crippen molar-refractivity contribution in [1.82, 2.24) is 4.98 Å². The molecule has 0 atom stereocenters. The molecule has 3 rings (SSSR count). The first kappa shape index (κ1) is 10.5. The van der Waals surface area contributed by atoms with E-state index in [1.54, 1.807) is 0 Å². The second kappa shape index (κ2) is 3.66. The lowest BCUT2D eigenvalue weighted by Crippen LogP contribution is -2.14. The second-order valence-electron chi connectivity index (χ2n) is 4.86. The molecule has 1 aromatic heterocycles. The van der Waals surface area contributed by atoms with Crippen molar-refractivity contribution in [3.05, 3.63) is 40.6 Å². The van der Waals surface area contributed by atoms with Gasteiger partial charge in [0, 0.05) is 11.8 Å². The number of carbonyl (C=O) groups excluding carboxylic acids is 1. The number of pyridine rings is 1. The molecule has 1 aromatic carbocycles. The van der Waals surface area contributed by atoms with Gasteiger partial charge in [0.15, 0.2) is 5.78 Å². The van der Waals surface area contributed by atoms with Crippen LogP contribution in [0.4, 0.5) is 0 Å². The highest BCUT2D eigenvalue weighted by atomic mass is 16.1. The fourth-order valence-electron chi connectivity index (χ4n) is 2.66. The minimum Gasteiger partial charge on any atom is -0.292 e. The Hall–Kier alpha value is -1.70. The first-order chi connectivity index (χ1) is 8.16. The van der Waals surface area contributed by atoms with Crippen LogP contribution in [0.3, 0.4) is 0 Å². The zero-order valence-corrected chi connectivity index (χ0v) is 10.2. The maximum absolute atomic E-state index is 11.9. The highest BCUT2D eigenvalue weighted by Crippen LogP contribution is 2.28. The molecule has 0 bridgehead atoms. The summed E-state index contributed by atoms with van der Waals surface area (Å²) in [6.07, 6.45) is 2.60. The third-order valence-electron chi connectivity index (χ3n) is 3.62. The molecule has 1 heterocycles. The van der Waals surface area contributed by atoms with Crippen LogP contribution in [0.5, 0.6) is 0 Å². The van der Waals surface area contributed by atoms with Gasteiger partial charge in [-0.3, -0.25) is 4.79 Å². The van der Waals surface area contributed by atoms with Gasteiger partial charge in [0.25, 0.3) is 0 Å². The van der Waals surface area contributed by atoms with E-state index in [0.29, 0.717) is 12.1 Å². The zero-order valence-electron chi connectivity index (χ0n) is 10.2. The van der Waals surface area contributed by atoms with E-state index in [1.807, 2.05) is 6.07 Å². The fraction of sp³-hybridized carbons (Fsp3) is 0.333.